The lowest BCUT2D eigenvalue weighted by Crippen LogP contribution is -2.28. The normalized spacial score (nSPS) is 17.2. The molecule has 0 radical (unpaired) electrons. The number of amidine groups is 1. The summed E-state index contributed by atoms with van der Waals surface area (Å²) >= 11 is 1.35. The number of carbonyl (C=O) groups excluding carboxylic acids is 1. The topological polar surface area (TPSA) is 62.1 Å². The van der Waals surface area contributed by atoms with E-state index in [1.54, 1.807) is 29.2 Å². The van der Waals surface area contributed by atoms with E-state index >= 15 is 0 Å². The van der Waals surface area contributed by atoms with Crippen LogP contribution in [0.3, 0.4) is 0 Å². The lowest BCUT2D eigenvalue weighted by Gasteiger charge is -2.12. The highest BCUT2D eigenvalue weighted by Crippen LogP contribution is 2.35. The fourth-order valence-electron chi connectivity index (χ4n) is 2.71. The Balaban J connectivity index is 1.94. The standard InChI is InChI=1S/C21H22N2O3S/c1-5-23-20(25)19(12-15-7-9-17(24)18(11-15)26-4)27-21(23)22-16-8-6-13(2)14(3)10-16/h6-12,24H,5H2,1-4H3/b19-12-,22-21?. The summed E-state index contributed by atoms with van der Waals surface area (Å²) in [4.78, 5) is 19.7. The Hall–Kier alpha value is -2.73. The molecule has 2 aromatic rings. The Morgan fingerprint density at radius 2 is 1.96 bits per heavy atom. The van der Waals surface area contributed by atoms with Gasteiger partial charge >= 0.3 is 0 Å². The van der Waals surface area contributed by atoms with Crippen LogP contribution in [-0.4, -0.2) is 34.7 Å². The van der Waals surface area contributed by atoms with Crippen LogP contribution in [0.4, 0.5) is 5.69 Å². The largest absolute Gasteiger partial charge is 0.504 e. The molecule has 1 amide bonds. The van der Waals surface area contributed by atoms with Crippen molar-refractivity contribution in [1.82, 2.24) is 4.90 Å². The van der Waals surface area contributed by atoms with E-state index in [-0.39, 0.29) is 11.7 Å². The van der Waals surface area contributed by atoms with Gasteiger partial charge < -0.3 is 9.84 Å². The van der Waals surface area contributed by atoms with Crippen LogP contribution in [0.25, 0.3) is 6.08 Å². The first-order chi connectivity index (χ1) is 12.9. The maximum Gasteiger partial charge on any atom is 0.266 e. The Labute approximate surface area is 163 Å². The number of phenolic OH excluding ortho intramolecular Hbond substituents is 1. The molecular weight excluding hydrogens is 360 g/mol. The zero-order valence-electron chi connectivity index (χ0n) is 15.8. The van der Waals surface area contributed by atoms with E-state index in [2.05, 4.69) is 11.9 Å². The van der Waals surface area contributed by atoms with Gasteiger partial charge in [0.2, 0.25) is 0 Å². The van der Waals surface area contributed by atoms with Crippen molar-refractivity contribution in [2.45, 2.75) is 20.8 Å². The highest BCUT2D eigenvalue weighted by atomic mass is 32.2. The van der Waals surface area contributed by atoms with E-state index in [4.69, 9.17) is 4.74 Å². The number of hydrogen-bond acceptors (Lipinski definition) is 5. The van der Waals surface area contributed by atoms with E-state index < -0.39 is 0 Å². The van der Waals surface area contributed by atoms with Crippen LogP contribution in [-0.2, 0) is 4.79 Å². The predicted molar refractivity (Wildman–Crippen MR) is 111 cm³/mol. The molecule has 0 atom stereocenters. The van der Waals surface area contributed by atoms with Gasteiger partial charge in [-0.1, -0.05) is 12.1 Å². The maximum atomic E-state index is 12.8. The molecule has 1 N–H and O–H groups in total. The average molecular weight is 382 g/mol. The van der Waals surface area contributed by atoms with Gasteiger partial charge in [0.15, 0.2) is 16.7 Å². The zero-order chi connectivity index (χ0) is 19.6. The van der Waals surface area contributed by atoms with Gasteiger partial charge in [-0.2, -0.15) is 0 Å². The Bertz CT molecular complexity index is 950. The second-order valence-electron chi connectivity index (χ2n) is 6.25. The number of aryl methyl sites for hydroxylation is 2. The number of aliphatic imine (C=N–C) groups is 1. The highest BCUT2D eigenvalue weighted by molar-refractivity contribution is 8.18. The molecule has 0 unspecified atom stereocenters. The molecule has 27 heavy (non-hydrogen) atoms. The first-order valence-corrected chi connectivity index (χ1v) is 9.49. The molecule has 6 heteroatoms. The molecule has 0 spiro atoms. The summed E-state index contributed by atoms with van der Waals surface area (Å²) in [6.45, 7) is 6.59. The number of rotatable bonds is 4. The molecule has 1 fully saturated rings. The molecule has 1 aliphatic heterocycles. The summed E-state index contributed by atoms with van der Waals surface area (Å²) in [6, 6.07) is 11.0. The summed E-state index contributed by atoms with van der Waals surface area (Å²) in [5.41, 5.74) is 3.99. The van der Waals surface area contributed by atoms with Crippen LogP contribution in [0.2, 0.25) is 0 Å². The number of aromatic hydroxyl groups is 1. The summed E-state index contributed by atoms with van der Waals surface area (Å²) in [5.74, 6) is 0.366. The number of ether oxygens (including phenoxy) is 1. The molecule has 0 aromatic heterocycles. The van der Waals surface area contributed by atoms with Gasteiger partial charge in [0, 0.05) is 6.54 Å². The van der Waals surface area contributed by atoms with Crippen LogP contribution in [0, 0.1) is 13.8 Å². The van der Waals surface area contributed by atoms with Gasteiger partial charge in [0.1, 0.15) is 0 Å². The monoisotopic (exact) mass is 382 g/mol. The number of carbonyl (C=O) groups is 1. The van der Waals surface area contributed by atoms with Crippen molar-refractivity contribution in [3.05, 3.63) is 58.0 Å². The van der Waals surface area contributed by atoms with Crippen molar-refractivity contribution >= 4 is 34.6 Å². The summed E-state index contributed by atoms with van der Waals surface area (Å²) in [5, 5.41) is 10.4. The first kappa shape index (κ1) is 19.0. The first-order valence-electron chi connectivity index (χ1n) is 8.67. The van der Waals surface area contributed by atoms with Gasteiger partial charge in [-0.25, -0.2) is 4.99 Å². The molecule has 5 nitrogen and oxygen atoms in total. The van der Waals surface area contributed by atoms with Crippen LogP contribution in [0.15, 0.2) is 46.3 Å². The number of hydrogen-bond donors (Lipinski definition) is 1. The van der Waals surface area contributed by atoms with Gasteiger partial charge in [0.05, 0.1) is 17.7 Å². The van der Waals surface area contributed by atoms with Gasteiger partial charge in [-0.15, -0.1) is 0 Å². The molecule has 0 bridgehead atoms. The quantitative estimate of drug-likeness (QED) is 0.783. The number of likely N-dealkylation sites (N-methyl/N-ethyl adjacent to an activating group) is 1. The van der Waals surface area contributed by atoms with Crippen LogP contribution in [0.5, 0.6) is 11.5 Å². The summed E-state index contributed by atoms with van der Waals surface area (Å²) in [7, 11) is 1.49. The Morgan fingerprint density at radius 3 is 2.63 bits per heavy atom. The summed E-state index contributed by atoms with van der Waals surface area (Å²) in [6.07, 6.45) is 1.79. The lowest BCUT2D eigenvalue weighted by molar-refractivity contribution is -0.122. The molecule has 2 aromatic carbocycles. The minimum atomic E-state index is -0.0721. The van der Waals surface area contributed by atoms with E-state index in [9.17, 15) is 9.90 Å². The fourth-order valence-corrected chi connectivity index (χ4v) is 3.77. The number of thioether (sulfide) groups is 1. The number of phenols is 1. The minimum Gasteiger partial charge on any atom is -0.504 e. The minimum absolute atomic E-state index is 0.0669. The maximum absolute atomic E-state index is 12.8. The van der Waals surface area contributed by atoms with E-state index in [1.165, 1.54) is 30.0 Å². The molecule has 0 saturated carbocycles. The van der Waals surface area contributed by atoms with E-state index in [0.717, 1.165) is 11.3 Å². The SMILES string of the molecule is CCN1C(=O)/C(=C/c2ccc(O)c(OC)c2)SC1=Nc1ccc(C)c(C)c1. The second-order valence-corrected chi connectivity index (χ2v) is 7.26. The van der Waals surface area contributed by atoms with Crippen molar-refractivity contribution in [2.24, 2.45) is 4.99 Å². The van der Waals surface area contributed by atoms with Gasteiger partial charge in [-0.05, 0) is 79.6 Å². The Kier molecular flexibility index (Phi) is 5.56. The molecule has 1 saturated heterocycles. The second kappa shape index (κ2) is 7.88. The molecule has 140 valence electrons. The number of benzene rings is 2. The lowest BCUT2D eigenvalue weighted by atomic mass is 10.1. The van der Waals surface area contributed by atoms with Crippen molar-refractivity contribution in [3.8, 4) is 11.5 Å². The van der Waals surface area contributed by atoms with Gasteiger partial charge in [0.25, 0.3) is 5.91 Å². The zero-order valence-corrected chi connectivity index (χ0v) is 16.6. The molecule has 1 heterocycles. The third-order valence-corrected chi connectivity index (χ3v) is 5.43. The van der Waals surface area contributed by atoms with Crippen LogP contribution >= 0.6 is 11.8 Å². The average Bonchev–Trinajstić information content (AvgIpc) is 2.94. The van der Waals surface area contributed by atoms with Crippen molar-refractivity contribution in [1.29, 1.82) is 0 Å². The van der Waals surface area contributed by atoms with E-state index in [1.807, 2.05) is 32.0 Å². The van der Waals surface area contributed by atoms with Crippen molar-refractivity contribution in [2.75, 3.05) is 13.7 Å². The third kappa shape index (κ3) is 4.01. The fraction of sp³-hybridized carbons (Fsp3) is 0.238. The van der Waals surface area contributed by atoms with E-state index in [0.29, 0.717) is 22.4 Å². The van der Waals surface area contributed by atoms with Crippen LogP contribution in [0.1, 0.15) is 23.6 Å². The van der Waals surface area contributed by atoms with Crippen molar-refractivity contribution in [3.63, 3.8) is 0 Å². The summed E-state index contributed by atoms with van der Waals surface area (Å²) < 4.78 is 5.14. The van der Waals surface area contributed by atoms with Crippen LogP contribution < -0.4 is 4.74 Å². The number of nitrogens with zero attached hydrogens (tertiary/aromatic N) is 2. The predicted octanol–water partition coefficient (Wildman–Crippen LogP) is 4.64. The Morgan fingerprint density at radius 1 is 1.19 bits per heavy atom. The molecule has 3 rings (SSSR count). The molecule has 1 aliphatic rings. The number of methoxy groups -OCH3 is 1. The molecule has 0 aliphatic carbocycles. The molecular formula is C21H22N2O3S. The smallest absolute Gasteiger partial charge is 0.266 e. The van der Waals surface area contributed by atoms with Crippen molar-refractivity contribution < 1.29 is 14.6 Å². The number of amides is 1. The third-order valence-electron chi connectivity index (χ3n) is 4.42. The van der Waals surface area contributed by atoms with Gasteiger partial charge in [-0.3, -0.25) is 9.69 Å². The highest BCUT2D eigenvalue weighted by Gasteiger charge is 2.32.